The first-order valence-corrected chi connectivity index (χ1v) is 14.7. The van der Waals surface area contributed by atoms with Gasteiger partial charge in [0.25, 0.3) is 0 Å². The number of rotatable bonds is 7. The summed E-state index contributed by atoms with van der Waals surface area (Å²) in [7, 11) is 6.12. The fourth-order valence-corrected chi connectivity index (χ4v) is 5.25. The lowest BCUT2D eigenvalue weighted by molar-refractivity contribution is 0.0693. The maximum atomic E-state index is 10.3. The van der Waals surface area contributed by atoms with E-state index in [-0.39, 0.29) is 17.4 Å². The standard InChI is InChI=1S/C17H20N2S.C10H15NO.C7H6O3/c1-13(18(2)3)12-19-14-8-4-6-10-16(14)20-17-11-7-5-9-15(17)19;1-8(11-2)10(12)9-6-4-3-5-7-9;8-6-4-2-1-3-5(6)7(9)10/h4-11,13H,12H2,1-3H3;3-8,10-12H,1-2H3;1-4,8H,(H,9,10)/t;8-,10+;/m.1./s1. The fourth-order valence-electron chi connectivity index (χ4n) is 4.16. The first-order chi connectivity index (χ1) is 20.1. The third-order valence-corrected chi connectivity index (χ3v) is 8.20. The van der Waals surface area contributed by atoms with Crippen molar-refractivity contribution in [2.24, 2.45) is 0 Å². The SMILES string of the molecule is CC(CN1c2ccccc2Sc2ccccc21)N(C)C.CN[C@H](C)[C@H](O)c1ccccc1.O=C(O)c1ccccc1O. The average Bonchev–Trinajstić information content (AvgIpc) is 3.01. The average molecular weight is 588 g/mol. The zero-order valence-electron chi connectivity index (χ0n) is 24.8. The van der Waals surface area contributed by atoms with Crippen molar-refractivity contribution in [1.82, 2.24) is 10.2 Å². The second-order valence-corrected chi connectivity index (χ2v) is 11.3. The summed E-state index contributed by atoms with van der Waals surface area (Å²) >= 11 is 1.87. The number of phenols is 1. The van der Waals surface area contributed by atoms with Gasteiger partial charge in [-0.15, -0.1) is 0 Å². The molecule has 42 heavy (non-hydrogen) atoms. The molecule has 1 aliphatic heterocycles. The number of aliphatic hydroxyl groups is 1. The van der Waals surface area contributed by atoms with Crippen molar-refractivity contribution >= 4 is 29.1 Å². The molecule has 1 aliphatic rings. The lowest BCUT2D eigenvalue weighted by Gasteiger charge is -2.36. The van der Waals surface area contributed by atoms with Crippen molar-refractivity contribution in [3.8, 4) is 5.75 Å². The van der Waals surface area contributed by atoms with Gasteiger partial charge in [-0.1, -0.05) is 78.5 Å². The van der Waals surface area contributed by atoms with E-state index in [4.69, 9.17) is 10.2 Å². The number of hydrogen-bond acceptors (Lipinski definition) is 7. The summed E-state index contributed by atoms with van der Waals surface area (Å²) in [6.45, 7) is 5.23. The monoisotopic (exact) mass is 587 g/mol. The Labute approximate surface area is 253 Å². The van der Waals surface area contributed by atoms with E-state index in [1.54, 1.807) is 12.1 Å². The zero-order valence-corrected chi connectivity index (χ0v) is 25.6. The number of aliphatic hydroxyl groups excluding tert-OH is 1. The molecule has 0 amide bonds. The maximum absolute atomic E-state index is 10.3. The molecule has 0 saturated carbocycles. The van der Waals surface area contributed by atoms with E-state index in [2.05, 4.69) is 84.7 Å². The molecule has 8 heteroatoms. The second kappa shape index (κ2) is 16.0. The molecular formula is C34H41N3O4S. The van der Waals surface area contributed by atoms with Gasteiger partial charge >= 0.3 is 5.97 Å². The highest BCUT2D eigenvalue weighted by Gasteiger charge is 2.24. The Morgan fingerprint density at radius 1 is 0.833 bits per heavy atom. The summed E-state index contributed by atoms with van der Waals surface area (Å²) in [5.74, 6) is -1.31. The number of likely N-dealkylation sites (N-methyl/N-ethyl adjacent to an activating group) is 2. The minimum atomic E-state index is -1.11. The lowest BCUT2D eigenvalue weighted by atomic mass is 10.0. The summed E-state index contributed by atoms with van der Waals surface area (Å²) in [6, 6.07) is 33.4. The number of fused-ring (bicyclic) bond motifs is 2. The number of nitrogens with zero attached hydrogens (tertiary/aromatic N) is 2. The number of carboxylic acids is 1. The number of anilines is 2. The predicted octanol–water partition coefficient (Wildman–Crippen LogP) is 6.66. The van der Waals surface area contributed by atoms with Crippen LogP contribution in [0.25, 0.3) is 0 Å². The van der Waals surface area contributed by atoms with Crippen LogP contribution >= 0.6 is 11.8 Å². The Morgan fingerprint density at radius 2 is 1.33 bits per heavy atom. The van der Waals surface area contributed by atoms with E-state index in [1.165, 1.54) is 33.3 Å². The van der Waals surface area contributed by atoms with E-state index < -0.39 is 12.1 Å². The van der Waals surface area contributed by atoms with Gasteiger partial charge in [-0.3, -0.25) is 0 Å². The van der Waals surface area contributed by atoms with Crippen LogP contribution < -0.4 is 10.2 Å². The molecule has 0 fully saturated rings. The molecular weight excluding hydrogens is 546 g/mol. The van der Waals surface area contributed by atoms with Crippen LogP contribution in [0.1, 0.15) is 35.9 Å². The van der Waals surface area contributed by atoms with Gasteiger partial charge in [0.2, 0.25) is 0 Å². The van der Waals surface area contributed by atoms with Crippen molar-refractivity contribution in [2.75, 3.05) is 32.6 Å². The van der Waals surface area contributed by atoms with Crippen molar-refractivity contribution in [3.63, 3.8) is 0 Å². The van der Waals surface area contributed by atoms with Crippen molar-refractivity contribution in [3.05, 3.63) is 114 Å². The number of benzene rings is 4. The molecule has 5 rings (SSSR count). The highest BCUT2D eigenvalue weighted by atomic mass is 32.2. The van der Waals surface area contributed by atoms with Crippen LogP contribution in [0.2, 0.25) is 0 Å². The second-order valence-electron chi connectivity index (χ2n) is 10.2. The maximum Gasteiger partial charge on any atom is 0.339 e. The van der Waals surface area contributed by atoms with Gasteiger partial charge in [0, 0.05) is 28.4 Å². The highest BCUT2D eigenvalue weighted by molar-refractivity contribution is 7.99. The lowest BCUT2D eigenvalue weighted by Crippen LogP contribution is -2.37. The summed E-state index contributed by atoms with van der Waals surface area (Å²) in [5.41, 5.74) is 3.54. The quantitative estimate of drug-likeness (QED) is 0.191. The van der Waals surface area contributed by atoms with Crippen LogP contribution in [-0.2, 0) is 0 Å². The number of nitrogens with one attached hydrogen (secondary N) is 1. The van der Waals surface area contributed by atoms with Crippen LogP contribution in [0.5, 0.6) is 5.75 Å². The molecule has 0 radical (unpaired) electrons. The van der Waals surface area contributed by atoms with Crippen LogP contribution in [0, 0.1) is 0 Å². The molecule has 4 aromatic carbocycles. The van der Waals surface area contributed by atoms with Gasteiger partial charge in [-0.2, -0.15) is 0 Å². The summed E-state index contributed by atoms with van der Waals surface area (Å²) < 4.78 is 0. The molecule has 0 spiro atoms. The first kappa shape index (κ1) is 32.7. The molecule has 3 atom stereocenters. The van der Waals surface area contributed by atoms with Gasteiger partial charge in [-0.25, -0.2) is 4.79 Å². The third kappa shape index (κ3) is 8.84. The van der Waals surface area contributed by atoms with E-state index in [0.717, 1.165) is 12.1 Å². The topological polar surface area (TPSA) is 96.3 Å². The molecule has 4 N–H and O–H groups in total. The van der Waals surface area contributed by atoms with Crippen LogP contribution in [0.3, 0.4) is 0 Å². The molecule has 0 bridgehead atoms. The van der Waals surface area contributed by atoms with Crippen molar-refractivity contribution < 1.29 is 20.1 Å². The van der Waals surface area contributed by atoms with Gasteiger partial charge in [0.15, 0.2) is 0 Å². The minimum Gasteiger partial charge on any atom is -0.507 e. The highest BCUT2D eigenvalue weighted by Crippen LogP contribution is 2.47. The van der Waals surface area contributed by atoms with Crippen molar-refractivity contribution in [2.45, 2.75) is 41.8 Å². The van der Waals surface area contributed by atoms with Gasteiger partial charge < -0.3 is 30.4 Å². The van der Waals surface area contributed by atoms with Gasteiger partial charge in [-0.05, 0) is 77.0 Å². The first-order valence-electron chi connectivity index (χ1n) is 13.9. The number of aromatic carboxylic acids is 1. The van der Waals surface area contributed by atoms with Gasteiger partial charge in [0.05, 0.1) is 17.5 Å². The minimum absolute atomic E-state index is 0.0671. The number of aromatic hydroxyl groups is 1. The van der Waals surface area contributed by atoms with Crippen LogP contribution in [-0.4, -0.2) is 66.0 Å². The summed E-state index contributed by atoms with van der Waals surface area (Å²) in [5, 5.41) is 30.0. The van der Waals surface area contributed by atoms with Crippen molar-refractivity contribution in [1.29, 1.82) is 0 Å². The largest absolute Gasteiger partial charge is 0.507 e. The predicted molar refractivity (Wildman–Crippen MR) is 172 cm³/mol. The Kier molecular flexibility index (Phi) is 12.4. The van der Waals surface area contributed by atoms with E-state index in [1.807, 2.05) is 56.1 Å². The number of hydrogen-bond donors (Lipinski definition) is 4. The Balaban J connectivity index is 0.000000188. The normalized spacial score (nSPS) is 13.7. The number of carbonyl (C=O) groups is 1. The molecule has 0 aliphatic carbocycles. The number of carboxylic acid groups (broad SMARTS) is 1. The van der Waals surface area contributed by atoms with Gasteiger partial charge in [0.1, 0.15) is 11.3 Å². The molecule has 7 nitrogen and oxygen atoms in total. The molecule has 4 aromatic rings. The van der Waals surface area contributed by atoms with Crippen LogP contribution in [0.4, 0.5) is 11.4 Å². The molecule has 0 saturated heterocycles. The van der Waals surface area contributed by atoms with Crippen LogP contribution in [0.15, 0.2) is 113 Å². The molecule has 222 valence electrons. The van der Waals surface area contributed by atoms with E-state index >= 15 is 0 Å². The smallest absolute Gasteiger partial charge is 0.339 e. The molecule has 0 aromatic heterocycles. The summed E-state index contributed by atoms with van der Waals surface area (Å²) in [6.07, 6.45) is -0.420. The fraction of sp³-hybridized carbons (Fsp3) is 0.265. The Hall–Kier alpha value is -3.82. The Bertz CT molecular complexity index is 1370. The molecule has 1 unspecified atom stereocenters. The Morgan fingerprint density at radius 3 is 1.81 bits per heavy atom. The number of para-hydroxylation sites is 3. The van der Waals surface area contributed by atoms with E-state index in [9.17, 15) is 9.90 Å². The zero-order chi connectivity index (χ0) is 30.6. The molecule has 1 heterocycles. The summed E-state index contributed by atoms with van der Waals surface area (Å²) in [4.78, 5) is 17.7. The third-order valence-electron chi connectivity index (χ3n) is 7.06. The van der Waals surface area contributed by atoms with E-state index in [0.29, 0.717) is 6.04 Å².